The highest BCUT2D eigenvalue weighted by molar-refractivity contribution is 5.79. The van der Waals surface area contributed by atoms with Gasteiger partial charge in [0.1, 0.15) is 0 Å². The first-order valence-electron chi connectivity index (χ1n) is 8.92. The van der Waals surface area contributed by atoms with Crippen LogP contribution < -0.4 is 10.6 Å². The Morgan fingerprint density at radius 1 is 1.32 bits per heavy atom. The molecule has 0 bridgehead atoms. The van der Waals surface area contributed by atoms with Crippen molar-refractivity contribution in [3.8, 4) is 0 Å². The van der Waals surface area contributed by atoms with E-state index in [1.165, 1.54) is 12.8 Å². The predicted molar refractivity (Wildman–Crippen MR) is 92.4 cm³/mol. The van der Waals surface area contributed by atoms with Crippen LogP contribution in [0.25, 0.3) is 0 Å². The lowest BCUT2D eigenvalue weighted by atomic mass is 10.0. The van der Waals surface area contributed by atoms with E-state index in [2.05, 4.69) is 43.3 Å². The number of rotatable bonds is 10. The standard InChI is InChI=1S/C17H35N3O2/c1-5-18-17(19-11-9-15-8-7-13-22-15)20-12-10-16(14(3)4)21-6-2/h14-16H,5-13H2,1-4H3,(H2,18,19,20). The number of hydrogen-bond acceptors (Lipinski definition) is 3. The Balaban J connectivity index is 2.29. The molecule has 0 amide bonds. The van der Waals surface area contributed by atoms with Crippen molar-refractivity contribution in [1.82, 2.24) is 10.6 Å². The first-order chi connectivity index (χ1) is 10.7. The van der Waals surface area contributed by atoms with Crippen LogP contribution in [0.15, 0.2) is 4.99 Å². The van der Waals surface area contributed by atoms with Gasteiger partial charge in [0.15, 0.2) is 5.96 Å². The summed E-state index contributed by atoms with van der Waals surface area (Å²) in [5.74, 6) is 1.44. The van der Waals surface area contributed by atoms with Gasteiger partial charge in [0.25, 0.3) is 0 Å². The van der Waals surface area contributed by atoms with Gasteiger partial charge in [0, 0.05) is 32.8 Å². The molecule has 0 aliphatic carbocycles. The van der Waals surface area contributed by atoms with E-state index in [0.29, 0.717) is 18.1 Å². The van der Waals surface area contributed by atoms with Crippen LogP contribution in [-0.2, 0) is 9.47 Å². The van der Waals surface area contributed by atoms with Crippen molar-refractivity contribution in [2.75, 3.05) is 32.8 Å². The molecule has 22 heavy (non-hydrogen) atoms. The largest absolute Gasteiger partial charge is 0.378 e. The first kappa shape index (κ1) is 19.2. The second kappa shape index (κ2) is 11.7. The number of aliphatic imine (C=N–C) groups is 1. The van der Waals surface area contributed by atoms with Gasteiger partial charge in [-0.3, -0.25) is 4.99 Å². The van der Waals surface area contributed by atoms with E-state index in [1.54, 1.807) is 0 Å². The zero-order valence-corrected chi connectivity index (χ0v) is 14.9. The van der Waals surface area contributed by atoms with Crippen LogP contribution in [0.1, 0.15) is 53.4 Å². The van der Waals surface area contributed by atoms with Gasteiger partial charge in [-0.25, -0.2) is 0 Å². The summed E-state index contributed by atoms with van der Waals surface area (Å²) in [7, 11) is 0. The summed E-state index contributed by atoms with van der Waals surface area (Å²) in [6.07, 6.45) is 5.12. The molecule has 0 spiro atoms. The van der Waals surface area contributed by atoms with Crippen LogP contribution in [0.2, 0.25) is 0 Å². The number of nitrogens with zero attached hydrogens (tertiary/aromatic N) is 1. The quantitative estimate of drug-likeness (QED) is 0.481. The maximum atomic E-state index is 5.78. The Labute approximate surface area is 136 Å². The van der Waals surface area contributed by atoms with Gasteiger partial charge in [-0.1, -0.05) is 13.8 Å². The van der Waals surface area contributed by atoms with E-state index in [-0.39, 0.29) is 0 Å². The highest BCUT2D eigenvalue weighted by Crippen LogP contribution is 2.15. The van der Waals surface area contributed by atoms with Gasteiger partial charge in [-0.05, 0) is 45.4 Å². The van der Waals surface area contributed by atoms with Crippen LogP contribution in [0.4, 0.5) is 0 Å². The van der Waals surface area contributed by atoms with E-state index in [1.807, 2.05) is 0 Å². The van der Waals surface area contributed by atoms with Gasteiger partial charge >= 0.3 is 0 Å². The summed E-state index contributed by atoms with van der Waals surface area (Å²) in [6.45, 7) is 12.8. The van der Waals surface area contributed by atoms with Gasteiger partial charge in [-0.15, -0.1) is 0 Å². The summed E-state index contributed by atoms with van der Waals surface area (Å²) >= 11 is 0. The van der Waals surface area contributed by atoms with E-state index >= 15 is 0 Å². The third-order valence-corrected chi connectivity index (χ3v) is 3.93. The molecule has 2 atom stereocenters. The van der Waals surface area contributed by atoms with Crippen LogP contribution in [0.5, 0.6) is 0 Å². The maximum absolute atomic E-state index is 5.78. The van der Waals surface area contributed by atoms with Gasteiger partial charge < -0.3 is 20.1 Å². The molecule has 2 unspecified atom stereocenters. The van der Waals surface area contributed by atoms with E-state index in [9.17, 15) is 0 Å². The van der Waals surface area contributed by atoms with Crippen molar-refractivity contribution >= 4 is 5.96 Å². The zero-order valence-electron chi connectivity index (χ0n) is 14.9. The topological polar surface area (TPSA) is 54.9 Å². The second-order valence-electron chi connectivity index (χ2n) is 6.14. The molecule has 1 aliphatic rings. The van der Waals surface area contributed by atoms with Crippen molar-refractivity contribution in [2.45, 2.75) is 65.6 Å². The molecular formula is C17H35N3O2. The smallest absolute Gasteiger partial charge is 0.191 e. The van der Waals surface area contributed by atoms with Crippen molar-refractivity contribution in [1.29, 1.82) is 0 Å². The van der Waals surface area contributed by atoms with E-state index in [4.69, 9.17) is 9.47 Å². The molecule has 0 radical (unpaired) electrons. The first-order valence-corrected chi connectivity index (χ1v) is 8.92. The molecule has 0 aromatic rings. The molecular weight excluding hydrogens is 278 g/mol. The van der Waals surface area contributed by atoms with Crippen LogP contribution in [-0.4, -0.2) is 51.0 Å². The van der Waals surface area contributed by atoms with Crippen LogP contribution in [0, 0.1) is 5.92 Å². The fraction of sp³-hybridized carbons (Fsp3) is 0.941. The van der Waals surface area contributed by atoms with Crippen molar-refractivity contribution in [3.05, 3.63) is 0 Å². The molecule has 1 heterocycles. The van der Waals surface area contributed by atoms with Gasteiger partial charge in [-0.2, -0.15) is 0 Å². The molecule has 1 saturated heterocycles. The molecule has 130 valence electrons. The molecule has 1 aliphatic heterocycles. The zero-order chi connectivity index (χ0) is 16.2. The monoisotopic (exact) mass is 313 g/mol. The fourth-order valence-corrected chi connectivity index (χ4v) is 2.69. The molecule has 0 saturated carbocycles. The maximum Gasteiger partial charge on any atom is 0.191 e. The van der Waals surface area contributed by atoms with E-state index in [0.717, 1.165) is 51.6 Å². The number of hydrogen-bond donors (Lipinski definition) is 2. The highest BCUT2D eigenvalue weighted by Gasteiger charge is 2.15. The lowest BCUT2D eigenvalue weighted by molar-refractivity contribution is 0.0258. The number of ether oxygens (including phenoxy) is 2. The number of guanidine groups is 1. The predicted octanol–water partition coefficient (Wildman–Crippen LogP) is 2.56. The molecule has 5 heteroatoms. The number of nitrogens with one attached hydrogen (secondary N) is 2. The van der Waals surface area contributed by atoms with Crippen molar-refractivity contribution in [3.63, 3.8) is 0 Å². The Morgan fingerprint density at radius 3 is 2.73 bits per heavy atom. The van der Waals surface area contributed by atoms with Gasteiger partial charge in [0.2, 0.25) is 0 Å². The summed E-state index contributed by atoms with van der Waals surface area (Å²) < 4.78 is 11.4. The summed E-state index contributed by atoms with van der Waals surface area (Å²) in [4.78, 5) is 4.64. The normalized spacial score (nSPS) is 20.4. The third kappa shape index (κ3) is 7.99. The lowest BCUT2D eigenvalue weighted by Crippen LogP contribution is -2.39. The Morgan fingerprint density at radius 2 is 2.14 bits per heavy atom. The fourth-order valence-electron chi connectivity index (χ4n) is 2.69. The van der Waals surface area contributed by atoms with Crippen LogP contribution in [0.3, 0.4) is 0 Å². The minimum absolute atomic E-state index is 0.312. The highest BCUT2D eigenvalue weighted by atomic mass is 16.5. The lowest BCUT2D eigenvalue weighted by Gasteiger charge is -2.21. The molecule has 2 N–H and O–H groups in total. The van der Waals surface area contributed by atoms with Crippen molar-refractivity contribution in [2.24, 2.45) is 10.9 Å². The SMILES string of the molecule is CCNC(=NCCC1CCCO1)NCCC(OCC)C(C)C. The summed E-state index contributed by atoms with van der Waals surface area (Å²) in [6, 6.07) is 0. The summed E-state index contributed by atoms with van der Waals surface area (Å²) in [5, 5.41) is 6.71. The molecule has 0 aromatic carbocycles. The Hall–Kier alpha value is -0.810. The average molecular weight is 313 g/mol. The van der Waals surface area contributed by atoms with Crippen LogP contribution >= 0.6 is 0 Å². The minimum Gasteiger partial charge on any atom is -0.378 e. The van der Waals surface area contributed by atoms with Crippen molar-refractivity contribution < 1.29 is 9.47 Å². The second-order valence-corrected chi connectivity index (χ2v) is 6.14. The third-order valence-electron chi connectivity index (χ3n) is 3.93. The molecule has 1 rings (SSSR count). The molecule has 5 nitrogen and oxygen atoms in total. The average Bonchev–Trinajstić information content (AvgIpc) is 2.99. The van der Waals surface area contributed by atoms with Gasteiger partial charge in [0.05, 0.1) is 12.2 Å². The molecule has 1 fully saturated rings. The van der Waals surface area contributed by atoms with E-state index < -0.39 is 0 Å². The Bertz CT molecular complexity index is 302. The minimum atomic E-state index is 0.312. The Kier molecular flexibility index (Phi) is 10.2. The summed E-state index contributed by atoms with van der Waals surface area (Å²) in [5.41, 5.74) is 0. The molecule has 0 aromatic heterocycles.